The van der Waals surface area contributed by atoms with Crippen molar-refractivity contribution in [3.8, 4) is 0 Å². The summed E-state index contributed by atoms with van der Waals surface area (Å²) in [5, 5.41) is 1.29. The molecule has 0 aliphatic rings. The molecule has 0 radical (unpaired) electrons. The zero-order valence-corrected chi connectivity index (χ0v) is 9.05. The monoisotopic (exact) mass is 203 g/mol. The van der Waals surface area contributed by atoms with E-state index in [1.165, 1.54) is 10.9 Å². The van der Waals surface area contributed by atoms with Crippen LogP contribution in [0, 0.1) is 0 Å². The first-order valence-electron chi connectivity index (χ1n) is 4.82. The number of thioether (sulfide) groups is 1. The largest absolute Gasteiger partial charge is 0.256 e. The highest BCUT2D eigenvalue weighted by molar-refractivity contribution is 7.98. The van der Waals surface area contributed by atoms with Gasteiger partial charge in [-0.25, -0.2) is 0 Å². The van der Waals surface area contributed by atoms with Crippen molar-refractivity contribution in [2.45, 2.75) is 12.7 Å². The lowest BCUT2D eigenvalue weighted by atomic mass is 10.1. The average Bonchev–Trinajstić information content (AvgIpc) is 2.26. The van der Waals surface area contributed by atoms with Gasteiger partial charge in [0.2, 0.25) is 0 Å². The highest BCUT2D eigenvalue weighted by Gasteiger charge is 1.99. The molecule has 0 saturated carbocycles. The number of aromatic nitrogens is 1. The summed E-state index contributed by atoms with van der Waals surface area (Å²) in [4.78, 5) is 4.34. The summed E-state index contributed by atoms with van der Waals surface area (Å²) in [6, 6.07) is 10.4. The summed E-state index contributed by atoms with van der Waals surface area (Å²) >= 11 is 1.95. The minimum absolute atomic E-state index is 1.08. The summed E-state index contributed by atoms with van der Waals surface area (Å²) in [5.41, 5.74) is 2.49. The Bertz CT molecular complexity index is 420. The van der Waals surface area contributed by atoms with Gasteiger partial charge in [0.1, 0.15) is 0 Å². The molecule has 14 heavy (non-hydrogen) atoms. The number of para-hydroxylation sites is 1. The van der Waals surface area contributed by atoms with Crippen LogP contribution in [0.15, 0.2) is 36.5 Å². The molecule has 0 aliphatic heterocycles. The number of benzene rings is 1. The van der Waals surface area contributed by atoms with E-state index in [-0.39, 0.29) is 0 Å². The van der Waals surface area contributed by atoms with Gasteiger partial charge in [0.15, 0.2) is 0 Å². The van der Waals surface area contributed by atoms with Gasteiger partial charge in [-0.05, 0) is 23.4 Å². The van der Waals surface area contributed by atoms with Gasteiger partial charge in [-0.2, -0.15) is 11.8 Å². The maximum Gasteiger partial charge on any atom is 0.0705 e. The molecule has 1 aromatic carbocycles. The minimum atomic E-state index is 1.08. The highest BCUT2D eigenvalue weighted by atomic mass is 32.2. The van der Waals surface area contributed by atoms with Crippen molar-refractivity contribution in [3.05, 3.63) is 42.1 Å². The van der Waals surface area contributed by atoms with Gasteiger partial charge in [-0.3, -0.25) is 4.98 Å². The van der Waals surface area contributed by atoms with Crippen LogP contribution in [-0.4, -0.2) is 10.7 Å². The van der Waals surface area contributed by atoms with Crippen molar-refractivity contribution < 1.29 is 0 Å². The fraction of sp³-hybridized carbons (Fsp3) is 0.250. The van der Waals surface area contributed by atoms with Crippen molar-refractivity contribution >= 4 is 22.7 Å². The van der Waals surface area contributed by atoms with Gasteiger partial charge in [-0.15, -0.1) is 0 Å². The van der Waals surface area contributed by atoms with E-state index in [4.69, 9.17) is 0 Å². The topological polar surface area (TPSA) is 12.9 Å². The molecule has 72 valence electrons. The second-order valence-electron chi connectivity index (χ2n) is 3.12. The number of nitrogens with zero attached hydrogens (tertiary/aromatic N) is 1. The first-order chi connectivity index (χ1) is 6.92. The van der Waals surface area contributed by atoms with Gasteiger partial charge in [-0.1, -0.05) is 25.1 Å². The van der Waals surface area contributed by atoms with E-state index in [9.17, 15) is 0 Å². The molecule has 0 fully saturated rings. The SMILES string of the molecule is CCSCc1ccnc2ccccc12. The molecule has 2 rings (SSSR count). The molecule has 2 aromatic rings. The quantitative estimate of drug-likeness (QED) is 0.757. The molecule has 1 nitrogen and oxygen atoms in total. The van der Waals surface area contributed by atoms with Crippen molar-refractivity contribution in [1.29, 1.82) is 0 Å². The second-order valence-corrected chi connectivity index (χ2v) is 4.40. The third kappa shape index (κ3) is 1.90. The Balaban J connectivity index is 2.43. The Morgan fingerprint density at radius 1 is 1.21 bits per heavy atom. The van der Waals surface area contributed by atoms with Crippen molar-refractivity contribution in [2.24, 2.45) is 0 Å². The van der Waals surface area contributed by atoms with Crippen LogP contribution in [-0.2, 0) is 5.75 Å². The van der Waals surface area contributed by atoms with Crippen LogP contribution in [0.2, 0.25) is 0 Å². The maximum absolute atomic E-state index is 4.34. The van der Waals surface area contributed by atoms with Crippen LogP contribution >= 0.6 is 11.8 Å². The normalized spacial score (nSPS) is 10.6. The molecular weight excluding hydrogens is 190 g/mol. The van der Waals surface area contributed by atoms with Crippen LogP contribution in [0.4, 0.5) is 0 Å². The lowest BCUT2D eigenvalue weighted by molar-refractivity contribution is 1.34. The van der Waals surface area contributed by atoms with E-state index in [1.54, 1.807) is 0 Å². The summed E-state index contributed by atoms with van der Waals surface area (Å²) < 4.78 is 0. The number of hydrogen-bond donors (Lipinski definition) is 0. The maximum atomic E-state index is 4.34. The fourth-order valence-corrected chi connectivity index (χ4v) is 2.17. The van der Waals surface area contributed by atoms with E-state index < -0.39 is 0 Å². The summed E-state index contributed by atoms with van der Waals surface area (Å²) in [6.07, 6.45) is 1.90. The fourth-order valence-electron chi connectivity index (χ4n) is 1.49. The molecular formula is C12H13NS. The second kappa shape index (κ2) is 4.47. The Kier molecular flexibility index (Phi) is 3.04. The van der Waals surface area contributed by atoms with Crippen molar-refractivity contribution in [1.82, 2.24) is 4.98 Å². The third-order valence-corrected chi connectivity index (χ3v) is 3.12. The first kappa shape index (κ1) is 9.53. The van der Waals surface area contributed by atoms with Gasteiger partial charge in [0.05, 0.1) is 5.52 Å². The average molecular weight is 203 g/mol. The Morgan fingerprint density at radius 3 is 2.93 bits per heavy atom. The van der Waals surface area contributed by atoms with Crippen molar-refractivity contribution in [3.63, 3.8) is 0 Å². The Morgan fingerprint density at radius 2 is 2.07 bits per heavy atom. The molecule has 0 saturated heterocycles. The van der Waals surface area contributed by atoms with Gasteiger partial charge >= 0.3 is 0 Å². The van der Waals surface area contributed by atoms with Gasteiger partial charge in [0.25, 0.3) is 0 Å². The van der Waals surface area contributed by atoms with E-state index in [0.717, 1.165) is 17.0 Å². The van der Waals surface area contributed by atoms with E-state index in [1.807, 2.05) is 24.0 Å². The molecule has 0 N–H and O–H groups in total. The molecule has 2 heteroatoms. The van der Waals surface area contributed by atoms with Crippen LogP contribution < -0.4 is 0 Å². The number of hydrogen-bond acceptors (Lipinski definition) is 2. The van der Waals surface area contributed by atoms with Gasteiger partial charge < -0.3 is 0 Å². The van der Waals surface area contributed by atoms with E-state index >= 15 is 0 Å². The highest BCUT2D eigenvalue weighted by Crippen LogP contribution is 2.20. The molecule has 1 heterocycles. The zero-order chi connectivity index (χ0) is 9.80. The molecule has 0 unspecified atom stereocenters. The standard InChI is InChI=1S/C12H13NS/c1-2-14-9-10-7-8-13-12-6-4-3-5-11(10)12/h3-8H,2,9H2,1H3. The molecule has 0 bridgehead atoms. The van der Waals surface area contributed by atoms with E-state index in [2.05, 4.69) is 36.2 Å². The predicted octanol–water partition coefficient (Wildman–Crippen LogP) is 3.49. The molecule has 1 aromatic heterocycles. The van der Waals surface area contributed by atoms with Gasteiger partial charge in [0, 0.05) is 17.3 Å². The van der Waals surface area contributed by atoms with E-state index in [0.29, 0.717) is 0 Å². The Labute approximate surface area is 88.6 Å². The minimum Gasteiger partial charge on any atom is -0.256 e. The van der Waals surface area contributed by atoms with Crippen LogP contribution in [0.3, 0.4) is 0 Å². The lowest BCUT2D eigenvalue weighted by Gasteiger charge is -2.04. The smallest absolute Gasteiger partial charge is 0.0705 e. The summed E-state index contributed by atoms with van der Waals surface area (Å²) in [6.45, 7) is 2.19. The number of rotatable bonds is 3. The molecule has 0 spiro atoms. The lowest BCUT2D eigenvalue weighted by Crippen LogP contribution is -1.86. The van der Waals surface area contributed by atoms with Crippen molar-refractivity contribution in [2.75, 3.05) is 5.75 Å². The summed E-state index contributed by atoms with van der Waals surface area (Å²) in [7, 11) is 0. The molecule has 0 aliphatic carbocycles. The zero-order valence-electron chi connectivity index (χ0n) is 8.23. The Hall–Kier alpha value is -1.02. The summed E-state index contributed by atoms with van der Waals surface area (Å²) in [5.74, 6) is 2.25. The van der Waals surface area contributed by atoms with Crippen LogP contribution in [0.25, 0.3) is 10.9 Å². The predicted molar refractivity (Wildman–Crippen MR) is 63.6 cm³/mol. The van der Waals surface area contributed by atoms with Crippen LogP contribution in [0.1, 0.15) is 12.5 Å². The van der Waals surface area contributed by atoms with Crippen LogP contribution in [0.5, 0.6) is 0 Å². The number of pyridine rings is 1. The first-order valence-corrected chi connectivity index (χ1v) is 5.97. The molecule has 0 atom stereocenters. The molecule has 0 amide bonds. The third-order valence-electron chi connectivity index (χ3n) is 2.20. The number of fused-ring (bicyclic) bond motifs is 1.